The van der Waals surface area contributed by atoms with Crippen LogP contribution in [0.4, 0.5) is 61.5 Å². The SMILES string of the molecule is O=C(/C=C(\O)c1ccc(Cl)cc1C(F)(F)F)C1(F)C(F)(F)C(F)(F)C(F)(F)C(F)(F)C1(F)F. The lowest BCUT2D eigenvalue weighted by atomic mass is 9.70. The third kappa shape index (κ3) is 3.19. The second-order valence-electron chi connectivity index (χ2n) is 6.61. The molecule has 0 aromatic heterocycles. The fraction of sp³-hybridized carbons (Fsp3) is 0.438. The van der Waals surface area contributed by atoms with Gasteiger partial charge in [0, 0.05) is 16.7 Å². The van der Waals surface area contributed by atoms with Crippen LogP contribution < -0.4 is 0 Å². The first-order valence-electron chi connectivity index (χ1n) is 7.83. The van der Waals surface area contributed by atoms with E-state index in [1.54, 1.807) is 0 Å². The fourth-order valence-corrected chi connectivity index (χ4v) is 2.98. The summed E-state index contributed by atoms with van der Waals surface area (Å²) in [5.74, 6) is -44.0. The van der Waals surface area contributed by atoms with Gasteiger partial charge in [0.15, 0.2) is 0 Å². The van der Waals surface area contributed by atoms with E-state index < -0.39 is 75.2 Å². The van der Waals surface area contributed by atoms with E-state index in [4.69, 9.17) is 11.6 Å². The van der Waals surface area contributed by atoms with Crippen LogP contribution in [0.15, 0.2) is 24.3 Å². The van der Waals surface area contributed by atoms with Crippen molar-refractivity contribution < 1.29 is 71.4 Å². The van der Waals surface area contributed by atoms with Crippen molar-refractivity contribution in [3.05, 3.63) is 40.4 Å². The highest BCUT2D eigenvalue weighted by Crippen LogP contribution is 2.69. The van der Waals surface area contributed by atoms with Crippen LogP contribution in [-0.2, 0) is 11.0 Å². The van der Waals surface area contributed by atoms with Gasteiger partial charge in [-0.25, -0.2) is 4.39 Å². The smallest absolute Gasteiger partial charge is 0.417 e. The van der Waals surface area contributed by atoms with Crippen molar-refractivity contribution in [2.45, 2.75) is 41.5 Å². The van der Waals surface area contributed by atoms with Crippen LogP contribution in [0.1, 0.15) is 11.1 Å². The molecular weight excluding hydrogens is 526 g/mol. The van der Waals surface area contributed by atoms with E-state index in [9.17, 15) is 71.4 Å². The molecule has 0 unspecified atom stereocenters. The fourth-order valence-electron chi connectivity index (χ4n) is 2.81. The third-order valence-corrected chi connectivity index (χ3v) is 4.85. The summed E-state index contributed by atoms with van der Waals surface area (Å²) in [6, 6.07) is 0.756. The largest absolute Gasteiger partial charge is 0.507 e. The zero-order valence-corrected chi connectivity index (χ0v) is 15.6. The van der Waals surface area contributed by atoms with Crippen molar-refractivity contribution in [2.24, 2.45) is 0 Å². The van der Waals surface area contributed by atoms with E-state index >= 15 is 0 Å². The van der Waals surface area contributed by atoms with Gasteiger partial charge >= 0.3 is 41.5 Å². The Balaban J connectivity index is 2.79. The van der Waals surface area contributed by atoms with Gasteiger partial charge in [-0.05, 0) is 18.2 Å². The number of hydrogen-bond acceptors (Lipinski definition) is 2. The van der Waals surface area contributed by atoms with Crippen LogP contribution in [0.2, 0.25) is 5.02 Å². The zero-order valence-electron chi connectivity index (χ0n) is 14.8. The van der Waals surface area contributed by atoms with Gasteiger partial charge in [0.25, 0.3) is 0 Å². The number of aliphatic hydroxyl groups excluding tert-OH is 1. The molecular formula is C16H5ClF14O2. The van der Waals surface area contributed by atoms with Crippen molar-refractivity contribution in [1.29, 1.82) is 0 Å². The van der Waals surface area contributed by atoms with E-state index in [-0.39, 0.29) is 12.1 Å². The molecule has 1 N–H and O–H groups in total. The van der Waals surface area contributed by atoms with Crippen LogP contribution in [0.25, 0.3) is 5.76 Å². The van der Waals surface area contributed by atoms with Crippen LogP contribution in [0.3, 0.4) is 0 Å². The summed E-state index contributed by atoms with van der Waals surface area (Å²) >= 11 is 5.28. The molecule has 0 radical (unpaired) electrons. The standard InChI is InChI=1S/C16H5ClF14O2/c17-5-1-2-6(7(3-5)11(19,20)21)8(32)4-9(33)10(18)12(22,23)14(26,27)16(30,31)15(28,29)13(10,24)25/h1-4,32H/b8-4-. The Morgan fingerprint density at radius 1 is 0.788 bits per heavy atom. The molecule has 2 nitrogen and oxygen atoms in total. The maximum absolute atomic E-state index is 14.6. The van der Waals surface area contributed by atoms with E-state index in [2.05, 4.69) is 0 Å². The number of benzene rings is 1. The monoisotopic (exact) mass is 530 g/mol. The Kier molecular flexibility index (Phi) is 5.82. The average molecular weight is 531 g/mol. The molecule has 1 aliphatic carbocycles. The summed E-state index contributed by atoms with van der Waals surface area (Å²) in [6.07, 6.45) is -6.73. The highest BCUT2D eigenvalue weighted by Gasteiger charge is 3.02. The third-order valence-electron chi connectivity index (χ3n) is 4.61. The summed E-state index contributed by atoms with van der Waals surface area (Å²) in [4.78, 5) is 11.8. The first kappa shape index (κ1) is 27.0. The molecule has 0 aliphatic heterocycles. The molecule has 1 saturated carbocycles. The first-order valence-corrected chi connectivity index (χ1v) is 8.21. The number of alkyl halides is 14. The van der Waals surface area contributed by atoms with Crippen molar-refractivity contribution in [1.82, 2.24) is 0 Å². The molecule has 33 heavy (non-hydrogen) atoms. The maximum Gasteiger partial charge on any atom is 0.417 e. The lowest BCUT2D eigenvalue weighted by Gasteiger charge is -2.51. The Morgan fingerprint density at radius 3 is 1.58 bits per heavy atom. The number of aliphatic hydroxyl groups is 1. The summed E-state index contributed by atoms with van der Waals surface area (Å²) in [7, 11) is 0. The number of ketones is 1. The molecule has 0 saturated heterocycles. The quantitative estimate of drug-likeness (QED) is 0.268. The van der Waals surface area contributed by atoms with Gasteiger partial charge in [-0.1, -0.05) is 11.6 Å². The second kappa shape index (κ2) is 7.12. The van der Waals surface area contributed by atoms with E-state index in [1.165, 1.54) is 0 Å². The minimum absolute atomic E-state index is 0.0311. The number of halogens is 15. The minimum Gasteiger partial charge on any atom is -0.507 e. The highest BCUT2D eigenvalue weighted by atomic mass is 35.5. The Labute approximate surface area is 177 Å². The normalized spacial score (nSPS) is 24.9. The summed E-state index contributed by atoms with van der Waals surface area (Å²) in [5, 5.41) is 8.90. The first-order chi connectivity index (χ1) is 14.4. The molecule has 0 bridgehead atoms. The van der Waals surface area contributed by atoms with Crippen molar-refractivity contribution in [3.63, 3.8) is 0 Å². The second-order valence-corrected chi connectivity index (χ2v) is 7.05. The maximum atomic E-state index is 14.6. The minimum atomic E-state index is -7.60. The number of allylic oxidation sites excluding steroid dienone is 1. The van der Waals surface area contributed by atoms with Crippen molar-refractivity contribution in [2.75, 3.05) is 0 Å². The molecule has 17 heteroatoms. The number of rotatable bonds is 3. The van der Waals surface area contributed by atoms with Gasteiger partial charge in [0.2, 0.25) is 5.78 Å². The number of carbonyl (C=O) groups excluding carboxylic acids is 1. The Hall–Kier alpha value is -2.26. The predicted molar refractivity (Wildman–Crippen MR) is 80.6 cm³/mol. The number of hydrogen-bond donors (Lipinski definition) is 1. The van der Waals surface area contributed by atoms with Gasteiger partial charge in [0.1, 0.15) is 5.76 Å². The molecule has 186 valence electrons. The summed E-state index contributed by atoms with van der Waals surface area (Å²) in [6.45, 7) is 0. The molecule has 1 fully saturated rings. The van der Waals surface area contributed by atoms with E-state index in [0.717, 1.165) is 0 Å². The molecule has 0 spiro atoms. The Morgan fingerprint density at radius 2 is 1.18 bits per heavy atom. The highest BCUT2D eigenvalue weighted by molar-refractivity contribution is 6.30. The van der Waals surface area contributed by atoms with Gasteiger partial charge in [-0.3, -0.25) is 4.79 Å². The molecule has 1 aromatic carbocycles. The summed E-state index contributed by atoms with van der Waals surface area (Å²) in [5.41, 5.74) is -10.8. The molecule has 2 rings (SSSR count). The molecule has 0 heterocycles. The van der Waals surface area contributed by atoms with Crippen molar-refractivity contribution in [3.8, 4) is 0 Å². The van der Waals surface area contributed by atoms with Gasteiger partial charge in [-0.2, -0.15) is 57.1 Å². The van der Waals surface area contributed by atoms with Gasteiger partial charge in [-0.15, -0.1) is 0 Å². The zero-order chi connectivity index (χ0) is 26.2. The van der Waals surface area contributed by atoms with Crippen molar-refractivity contribution >= 4 is 23.1 Å². The Bertz CT molecular complexity index is 981. The number of carbonyl (C=O) groups is 1. The lowest BCUT2D eigenvalue weighted by molar-refractivity contribution is -0.475. The molecule has 1 aromatic rings. The molecule has 1 aliphatic rings. The van der Waals surface area contributed by atoms with E-state index in [1.807, 2.05) is 0 Å². The predicted octanol–water partition coefficient (Wildman–Crippen LogP) is 6.73. The lowest BCUT2D eigenvalue weighted by Crippen LogP contribution is -2.85. The van der Waals surface area contributed by atoms with Gasteiger partial charge < -0.3 is 5.11 Å². The van der Waals surface area contributed by atoms with Crippen LogP contribution in [0.5, 0.6) is 0 Å². The molecule has 0 atom stereocenters. The van der Waals surface area contributed by atoms with Gasteiger partial charge in [0.05, 0.1) is 5.56 Å². The van der Waals surface area contributed by atoms with E-state index in [0.29, 0.717) is 6.07 Å². The summed E-state index contributed by atoms with van der Waals surface area (Å²) < 4.78 is 189. The topological polar surface area (TPSA) is 37.3 Å². The van der Waals surface area contributed by atoms with Crippen LogP contribution in [-0.4, -0.2) is 46.2 Å². The average Bonchev–Trinajstić information content (AvgIpc) is 2.64. The van der Waals surface area contributed by atoms with Crippen LogP contribution in [0, 0.1) is 0 Å². The van der Waals surface area contributed by atoms with Crippen LogP contribution >= 0.6 is 11.6 Å². The molecule has 0 amide bonds.